The molecular weight excluding hydrogens is 166 g/mol. The summed E-state index contributed by atoms with van der Waals surface area (Å²) in [4.78, 5) is 14.7. The Bertz CT molecular complexity index is 261. The van der Waals surface area contributed by atoms with Crippen molar-refractivity contribution >= 4 is 6.03 Å². The molecule has 70 valence electrons. The molecule has 1 heterocycles. The number of aromatic nitrogens is 1. The van der Waals surface area contributed by atoms with Gasteiger partial charge in [0.15, 0.2) is 0 Å². The summed E-state index contributed by atoms with van der Waals surface area (Å²) in [6, 6.07) is 3.73. The van der Waals surface area contributed by atoms with Crippen LogP contribution in [0.3, 0.4) is 0 Å². The topological polar surface area (TPSA) is 54.0 Å². The fraction of sp³-hybridized carbons (Fsp3) is 0.333. The lowest BCUT2D eigenvalue weighted by Gasteiger charge is -2.03. The highest BCUT2D eigenvalue weighted by Gasteiger charge is 1.95. The Kier molecular flexibility index (Phi) is 3.75. The predicted octanol–water partition coefficient (Wildman–Crippen LogP) is 0.553. The van der Waals surface area contributed by atoms with Crippen LogP contribution in [0.25, 0.3) is 0 Å². The molecule has 2 amide bonds. The van der Waals surface area contributed by atoms with E-state index >= 15 is 0 Å². The van der Waals surface area contributed by atoms with Crippen LogP contribution in [0, 0.1) is 0 Å². The second-order valence-electron chi connectivity index (χ2n) is 2.61. The van der Waals surface area contributed by atoms with Crippen LogP contribution in [-0.2, 0) is 6.42 Å². The summed E-state index contributed by atoms with van der Waals surface area (Å²) in [7, 11) is 1.60. The van der Waals surface area contributed by atoms with E-state index in [1.807, 2.05) is 12.1 Å². The van der Waals surface area contributed by atoms with Gasteiger partial charge in [0.1, 0.15) is 0 Å². The standard InChI is InChI=1S/C9H13N3O/c1-10-9(13)12-7-4-8-2-5-11-6-3-8/h2-3,5-6H,4,7H2,1H3,(H2,10,12,13). The molecule has 0 aliphatic heterocycles. The zero-order chi connectivity index (χ0) is 9.52. The van der Waals surface area contributed by atoms with Crippen LogP contribution in [-0.4, -0.2) is 24.6 Å². The first-order valence-electron chi connectivity index (χ1n) is 4.17. The van der Waals surface area contributed by atoms with Crippen LogP contribution in [0.1, 0.15) is 5.56 Å². The Balaban J connectivity index is 2.24. The molecule has 0 saturated heterocycles. The fourth-order valence-corrected chi connectivity index (χ4v) is 0.958. The fourth-order valence-electron chi connectivity index (χ4n) is 0.958. The Morgan fingerprint density at radius 1 is 1.46 bits per heavy atom. The molecule has 4 heteroatoms. The number of urea groups is 1. The summed E-state index contributed by atoms with van der Waals surface area (Å²) in [6.45, 7) is 0.643. The van der Waals surface area contributed by atoms with Crippen LogP contribution in [0.5, 0.6) is 0 Å². The van der Waals surface area contributed by atoms with Crippen molar-refractivity contribution < 1.29 is 4.79 Å². The number of rotatable bonds is 3. The molecule has 1 aromatic rings. The predicted molar refractivity (Wildman–Crippen MR) is 50.4 cm³/mol. The lowest BCUT2D eigenvalue weighted by Crippen LogP contribution is -2.33. The minimum atomic E-state index is -0.144. The summed E-state index contributed by atoms with van der Waals surface area (Å²) in [5.74, 6) is 0. The first-order valence-corrected chi connectivity index (χ1v) is 4.17. The number of pyridine rings is 1. The molecular formula is C9H13N3O. The average molecular weight is 179 g/mol. The number of hydrogen-bond acceptors (Lipinski definition) is 2. The van der Waals surface area contributed by atoms with E-state index in [1.165, 1.54) is 5.56 Å². The van der Waals surface area contributed by atoms with Crippen molar-refractivity contribution in [3.63, 3.8) is 0 Å². The molecule has 0 fully saturated rings. The number of carbonyl (C=O) groups is 1. The van der Waals surface area contributed by atoms with Crippen molar-refractivity contribution in [3.8, 4) is 0 Å². The quantitative estimate of drug-likeness (QED) is 0.712. The number of hydrogen-bond donors (Lipinski definition) is 2. The van der Waals surface area contributed by atoms with E-state index in [-0.39, 0.29) is 6.03 Å². The third kappa shape index (κ3) is 3.55. The molecule has 0 unspecified atom stereocenters. The molecule has 1 rings (SSSR count). The van der Waals surface area contributed by atoms with Crippen LogP contribution in [0.15, 0.2) is 24.5 Å². The van der Waals surface area contributed by atoms with E-state index in [0.29, 0.717) is 6.54 Å². The van der Waals surface area contributed by atoms with Crippen molar-refractivity contribution in [3.05, 3.63) is 30.1 Å². The van der Waals surface area contributed by atoms with Gasteiger partial charge in [-0.05, 0) is 24.1 Å². The SMILES string of the molecule is CNC(=O)NCCc1ccncc1. The zero-order valence-corrected chi connectivity index (χ0v) is 7.58. The van der Waals surface area contributed by atoms with E-state index < -0.39 is 0 Å². The highest BCUT2D eigenvalue weighted by Crippen LogP contribution is 1.95. The van der Waals surface area contributed by atoms with Gasteiger partial charge in [-0.1, -0.05) is 0 Å². The Labute approximate surface area is 77.4 Å². The molecule has 0 saturated carbocycles. The molecule has 13 heavy (non-hydrogen) atoms. The smallest absolute Gasteiger partial charge is 0.314 e. The molecule has 0 aliphatic carbocycles. The largest absolute Gasteiger partial charge is 0.341 e. The van der Waals surface area contributed by atoms with Gasteiger partial charge in [0.25, 0.3) is 0 Å². The van der Waals surface area contributed by atoms with E-state index in [0.717, 1.165) is 6.42 Å². The Morgan fingerprint density at radius 3 is 2.77 bits per heavy atom. The average Bonchev–Trinajstić information content (AvgIpc) is 2.19. The number of nitrogens with one attached hydrogen (secondary N) is 2. The molecule has 0 bridgehead atoms. The lowest BCUT2D eigenvalue weighted by molar-refractivity contribution is 0.243. The molecule has 1 aromatic heterocycles. The molecule has 0 aromatic carbocycles. The van der Waals surface area contributed by atoms with Crippen molar-refractivity contribution in [1.82, 2.24) is 15.6 Å². The molecule has 0 atom stereocenters. The molecule has 0 radical (unpaired) electrons. The minimum absolute atomic E-state index is 0.144. The van der Waals surface area contributed by atoms with Gasteiger partial charge in [0.2, 0.25) is 0 Å². The minimum Gasteiger partial charge on any atom is -0.341 e. The van der Waals surface area contributed by atoms with Crippen LogP contribution < -0.4 is 10.6 Å². The molecule has 0 aliphatic rings. The third-order valence-electron chi connectivity index (χ3n) is 1.68. The van der Waals surface area contributed by atoms with Gasteiger partial charge in [-0.15, -0.1) is 0 Å². The highest BCUT2D eigenvalue weighted by atomic mass is 16.2. The number of carbonyl (C=O) groups excluding carboxylic acids is 1. The van der Waals surface area contributed by atoms with E-state index in [4.69, 9.17) is 0 Å². The van der Waals surface area contributed by atoms with Crippen LogP contribution in [0.2, 0.25) is 0 Å². The monoisotopic (exact) mass is 179 g/mol. The Morgan fingerprint density at radius 2 is 2.15 bits per heavy atom. The summed E-state index contributed by atoms with van der Waals surface area (Å²) in [5.41, 5.74) is 1.17. The van der Waals surface area contributed by atoms with Crippen molar-refractivity contribution in [2.75, 3.05) is 13.6 Å². The summed E-state index contributed by atoms with van der Waals surface area (Å²) < 4.78 is 0. The van der Waals surface area contributed by atoms with E-state index in [9.17, 15) is 4.79 Å². The second kappa shape index (κ2) is 5.13. The van der Waals surface area contributed by atoms with Gasteiger partial charge >= 0.3 is 6.03 Å². The van der Waals surface area contributed by atoms with Crippen LogP contribution >= 0.6 is 0 Å². The van der Waals surface area contributed by atoms with Gasteiger partial charge in [0.05, 0.1) is 0 Å². The van der Waals surface area contributed by atoms with Gasteiger partial charge in [0, 0.05) is 26.0 Å². The van der Waals surface area contributed by atoms with E-state index in [2.05, 4.69) is 15.6 Å². The van der Waals surface area contributed by atoms with Gasteiger partial charge < -0.3 is 10.6 Å². The zero-order valence-electron chi connectivity index (χ0n) is 7.58. The van der Waals surface area contributed by atoms with Crippen molar-refractivity contribution in [2.24, 2.45) is 0 Å². The first-order chi connectivity index (χ1) is 6.33. The third-order valence-corrected chi connectivity index (χ3v) is 1.68. The summed E-state index contributed by atoms with van der Waals surface area (Å²) in [6.07, 6.45) is 4.32. The maximum Gasteiger partial charge on any atom is 0.314 e. The Hall–Kier alpha value is -1.58. The van der Waals surface area contributed by atoms with Gasteiger partial charge in [-0.25, -0.2) is 4.79 Å². The lowest BCUT2D eigenvalue weighted by atomic mass is 10.2. The van der Waals surface area contributed by atoms with Gasteiger partial charge in [-0.3, -0.25) is 4.98 Å². The summed E-state index contributed by atoms with van der Waals surface area (Å²) in [5, 5.41) is 5.20. The van der Waals surface area contributed by atoms with Crippen molar-refractivity contribution in [2.45, 2.75) is 6.42 Å². The summed E-state index contributed by atoms with van der Waals surface area (Å²) >= 11 is 0. The molecule has 4 nitrogen and oxygen atoms in total. The molecule has 2 N–H and O–H groups in total. The van der Waals surface area contributed by atoms with Crippen LogP contribution in [0.4, 0.5) is 4.79 Å². The number of amides is 2. The maximum atomic E-state index is 10.8. The second-order valence-corrected chi connectivity index (χ2v) is 2.61. The highest BCUT2D eigenvalue weighted by molar-refractivity contribution is 5.73. The normalized spacial score (nSPS) is 9.31. The first kappa shape index (κ1) is 9.51. The molecule has 0 spiro atoms. The maximum absolute atomic E-state index is 10.8. The van der Waals surface area contributed by atoms with Crippen molar-refractivity contribution in [1.29, 1.82) is 0 Å². The van der Waals surface area contributed by atoms with Gasteiger partial charge in [-0.2, -0.15) is 0 Å². The van der Waals surface area contributed by atoms with E-state index in [1.54, 1.807) is 19.4 Å². The number of nitrogens with zero attached hydrogens (tertiary/aromatic N) is 1.